The first-order chi connectivity index (χ1) is 16.6. The van der Waals surface area contributed by atoms with Gasteiger partial charge in [-0.05, 0) is 29.8 Å². The number of hydrogen-bond donors (Lipinski definition) is 1. The summed E-state index contributed by atoms with van der Waals surface area (Å²) in [6.45, 7) is -0.162. The Morgan fingerprint density at radius 2 is 1.68 bits per heavy atom. The summed E-state index contributed by atoms with van der Waals surface area (Å²) < 4.78 is 7.93. The van der Waals surface area contributed by atoms with Gasteiger partial charge in [-0.25, -0.2) is 9.78 Å². The quantitative estimate of drug-likeness (QED) is 0.371. The fourth-order valence-electron chi connectivity index (χ4n) is 3.66. The normalized spacial score (nSPS) is 10.9. The molecule has 0 saturated heterocycles. The second-order valence-corrected chi connectivity index (χ2v) is 8.61. The predicted molar refractivity (Wildman–Crippen MR) is 131 cm³/mol. The molecule has 0 aliphatic carbocycles. The first-order valence-corrected chi connectivity index (χ1v) is 11.4. The molecule has 3 aromatic carbocycles. The number of rotatable bonds is 6. The molecule has 0 spiro atoms. The van der Waals surface area contributed by atoms with Crippen molar-refractivity contribution in [1.82, 2.24) is 9.38 Å². The Morgan fingerprint density at radius 1 is 0.941 bits per heavy atom. The van der Waals surface area contributed by atoms with E-state index in [1.807, 2.05) is 54.6 Å². The van der Waals surface area contributed by atoms with Crippen LogP contribution in [0, 0.1) is 0 Å². The third-order valence-corrected chi connectivity index (χ3v) is 6.25. The van der Waals surface area contributed by atoms with Gasteiger partial charge in [-0.3, -0.25) is 14.0 Å². The summed E-state index contributed by atoms with van der Waals surface area (Å²) in [5, 5.41) is 2.78. The number of carbonyl (C=O) groups excluding carboxylic acids is 2. The van der Waals surface area contributed by atoms with Crippen molar-refractivity contribution in [1.29, 1.82) is 0 Å². The molecule has 0 bridgehead atoms. The Hall–Kier alpha value is -4.30. The number of carbonyl (C=O) groups is 2. The van der Waals surface area contributed by atoms with Gasteiger partial charge in [0, 0.05) is 6.07 Å². The minimum Gasteiger partial charge on any atom is -0.456 e. The first-order valence-electron chi connectivity index (χ1n) is 10.6. The zero-order valence-corrected chi connectivity index (χ0v) is 18.7. The number of nitrogens with zero attached hydrogens (tertiary/aromatic N) is 2. The third-order valence-electron chi connectivity index (χ3n) is 5.23. The number of amides is 1. The average molecular weight is 470 g/mol. The monoisotopic (exact) mass is 469 g/mol. The lowest BCUT2D eigenvalue weighted by Crippen LogP contribution is -2.18. The van der Waals surface area contributed by atoms with Crippen molar-refractivity contribution in [2.75, 3.05) is 5.32 Å². The third kappa shape index (κ3) is 4.44. The van der Waals surface area contributed by atoms with Crippen molar-refractivity contribution in [3.8, 4) is 0 Å². The highest BCUT2D eigenvalue weighted by Crippen LogP contribution is 2.24. The highest BCUT2D eigenvalue weighted by atomic mass is 32.1. The summed E-state index contributed by atoms with van der Waals surface area (Å²) in [7, 11) is 0. The van der Waals surface area contributed by atoms with Gasteiger partial charge >= 0.3 is 5.97 Å². The van der Waals surface area contributed by atoms with E-state index in [1.54, 1.807) is 28.7 Å². The molecule has 2 aromatic heterocycles. The predicted octanol–water partition coefficient (Wildman–Crippen LogP) is 4.45. The Morgan fingerprint density at radius 3 is 2.53 bits per heavy atom. The van der Waals surface area contributed by atoms with Gasteiger partial charge in [0.05, 0.1) is 33.6 Å². The van der Waals surface area contributed by atoms with Crippen LogP contribution < -0.4 is 10.9 Å². The van der Waals surface area contributed by atoms with Gasteiger partial charge < -0.3 is 10.1 Å². The fourth-order valence-corrected chi connectivity index (χ4v) is 4.71. The Kier molecular flexibility index (Phi) is 5.88. The Labute approximate surface area is 198 Å². The van der Waals surface area contributed by atoms with Crippen molar-refractivity contribution < 1.29 is 14.3 Å². The standard InChI is InChI=1S/C26H19N3O4S/c30-23(14-17-8-2-1-3-9-17)28-20-11-5-4-10-19(20)25(32)33-16-18-15-24(31)29-21-12-6-7-13-22(21)34-26(29)27-18/h1-13,15H,14,16H2,(H,28,30). The number of nitrogens with one attached hydrogen (secondary N) is 1. The van der Waals surface area contributed by atoms with E-state index in [-0.39, 0.29) is 30.1 Å². The molecular formula is C26H19N3O4S. The summed E-state index contributed by atoms with van der Waals surface area (Å²) in [6, 6.07) is 24.9. The zero-order valence-electron chi connectivity index (χ0n) is 17.9. The second-order valence-electron chi connectivity index (χ2n) is 7.61. The van der Waals surface area contributed by atoms with Crippen LogP contribution in [0.5, 0.6) is 0 Å². The van der Waals surface area contributed by atoms with Gasteiger partial charge in [0.1, 0.15) is 6.61 Å². The number of benzene rings is 3. The topological polar surface area (TPSA) is 89.8 Å². The highest BCUT2D eigenvalue weighted by Gasteiger charge is 2.16. The molecule has 0 aliphatic rings. The summed E-state index contributed by atoms with van der Waals surface area (Å²) in [6.07, 6.45) is 0.188. The lowest BCUT2D eigenvalue weighted by molar-refractivity contribution is -0.115. The molecule has 0 aliphatic heterocycles. The van der Waals surface area contributed by atoms with E-state index >= 15 is 0 Å². The van der Waals surface area contributed by atoms with Crippen LogP contribution in [0.3, 0.4) is 0 Å². The van der Waals surface area contributed by atoms with Crippen LogP contribution in [0.2, 0.25) is 0 Å². The van der Waals surface area contributed by atoms with Crippen LogP contribution in [0.4, 0.5) is 5.69 Å². The van der Waals surface area contributed by atoms with Gasteiger partial charge in [-0.15, -0.1) is 0 Å². The molecule has 5 rings (SSSR count). The van der Waals surface area contributed by atoms with E-state index in [1.165, 1.54) is 17.4 Å². The second kappa shape index (κ2) is 9.29. The van der Waals surface area contributed by atoms with Crippen molar-refractivity contribution in [3.63, 3.8) is 0 Å². The lowest BCUT2D eigenvalue weighted by atomic mass is 10.1. The Bertz CT molecular complexity index is 1570. The van der Waals surface area contributed by atoms with Gasteiger partial charge in [0.25, 0.3) is 5.56 Å². The number of aromatic nitrogens is 2. The van der Waals surface area contributed by atoms with Gasteiger partial charge in [-0.1, -0.05) is 65.9 Å². The van der Waals surface area contributed by atoms with Crippen molar-refractivity contribution in [3.05, 3.63) is 112 Å². The smallest absolute Gasteiger partial charge is 0.340 e. The van der Waals surface area contributed by atoms with Crippen LogP contribution in [-0.2, 0) is 22.6 Å². The maximum absolute atomic E-state index is 12.8. The summed E-state index contributed by atoms with van der Waals surface area (Å²) in [5.74, 6) is -0.856. The summed E-state index contributed by atoms with van der Waals surface area (Å²) in [4.78, 5) is 42.9. The number of para-hydroxylation sites is 2. The van der Waals surface area contributed by atoms with E-state index in [9.17, 15) is 14.4 Å². The van der Waals surface area contributed by atoms with Crippen LogP contribution in [0.25, 0.3) is 15.2 Å². The van der Waals surface area contributed by atoms with Crippen LogP contribution >= 0.6 is 11.3 Å². The average Bonchev–Trinajstić information content (AvgIpc) is 3.22. The number of fused-ring (bicyclic) bond motifs is 3. The van der Waals surface area contributed by atoms with E-state index in [0.29, 0.717) is 16.3 Å². The molecule has 34 heavy (non-hydrogen) atoms. The van der Waals surface area contributed by atoms with Crippen LogP contribution in [0.15, 0.2) is 89.7 Å². The maximum atomic E-state index is 12.8. The van der Waals surface area contributed by atoms with Crippen LogP contribution in [-0.4, -0.2) is 21.3 Å². The molecule has 0 fully saturated rings. The lowest BCUT2D eigenvalue weighted by Gasteiger charge is -2.11. The van der Waals surface area contributed by atoms with E-state index in [2.05, 4.69) is 10.3 Å². The molecule has 0 saturated carbocycles. The van der Waals surface area contributed by atoms with Gasteiger partial charge in [-0.2, -0.15) is 0 Å². The molecule has 1 N–H and O–H groups in total. The van der Waals surface area contributed by atoms with E-state index < -0.39 is 5.97 Å². The van der Waals surface area contributed by atoms with E-state index in [0.717, 1.165) is 15.8 Å². The van der Waals surface area contributed by atoms with E-state index in [4.69, 9.17) is 4.74 Å². The molecule has 1 amide bonds. The number of thiazole rings is 1. The molecule has 2 heterocycles. The highest BCUT2D eigenvalue weighted by molar-refractivity contribution is 7.23. The Balaban J connectivity index is 1.31. The summed E-state index contributed by atoms with van der Waals surface area (Å²) in [5.41, 5.74) is 2.38. The number of hydrogen-bond acceptors (Lipinski definition) is 6. The van der Waals surface area contributed by atoms with Crippen LogP contribution in [0.1, 0.15) is 21.6 Å². The maximum Gasteiger partial charge on any atom is 0.340 e. The number of ether oxygens (including phenoxy) is 1. The minimum absolute atomic E-state index is 0.162. The summed E-state index contributed by atoms with van der Waals surface area (Å²) >= 11 is 1.39. The van der Waals surface area contributed by atoms with Gasteiger partial charge in [0.2, 0.25) is 5.91 Å². The SMILES string of the molecule is O=C(Cc1ccccc1)Nc1ccccc1C(=O)OCc1cc(=O)n2c(n1)sc1ccccc12. The van der Waals surface area contributed by atoms with Crippen molar-refractivity contribution >= 4 is 44.1 Å². The minimum atomic E-state index is -0.617. The molecule has 7 nitrogen and oxygen atoms in total. The molecule has 5 aromatic rings. The molecule has 0 unspecified atom stereocenters. The molecule has 0 radical (unpaired) electrons. The first kappa shape index (κ1) is 21.5. The van der Waals surface area contributed by atoms with Crippen molar-refractivity contribution in [2.45, 2.75) is 13.0 Å². The number of esters is 1. The molecular weight excluding hydrogens is 450 g/mol. The molecule has 8 heteroatoms. The number of anilines is 1. The zero-order chi connectivity index (χ0) is 23.5. The van der Waals surface area contributed by atoms with Gasteiger partial charge in [0.15, 0.2) is 4.96 Å². The largest absolute Gasteiger partial charge is 0.456 e. The van der Waals surface area contributed by atoms with Crippen molar-refractivity contribution in [2.24, 2.45) is 0 Å². The molecule has 0 atom stereocenters. The molecule has 168 valence electrons. The fraction of sp³-hybridized carbons (Fsp3) is 0.0769.